The lowest BCUT2D eigenvalue weighted by Crippen LogP contribution is -2.02. The van der Waals surface area contributed by atoms with Gasteiger partial charge in [-0.15, -0.1) is 0 Å². The topological polar surface area (TPSA) is 51.3 Å². The van der Waals surface area contributed by atoms with E-state index in [2.05, 4.69) is 4.98 Å². The summed E-state index contributed by atoms with van der Waals surface area (Å²) >= 11 is 0. The fourth-order valence-corrected chi connectivity index (χ4v) is 1.35. The highest BCUT2D eigenvalue weighted by atomic mass is 16.5. The first-order valence-corrected chi connectivity index (χ1v) is 4.92. The minimum absolute atomic E-state index is 0.0900. The fraction of sp³-hybridized carbons (Fsp3) is 0.154. The molecular weight excluding hydrogens is 218 g/mol. The summed E-state index contributed by atoms with van der Waals surface area (Å²) in [5, 5.41) is 0. The van der Waals surface area contributed by atoms with Crippen LogP contribution in [0.3, 0.4) is 0 Å². The lowest BCUT2D eigenvalue weighted by Gasteiger charge is -2.07. The summed E-state index contributed by atoms with van der Waals surface area (Å²) in [6.07, 6.45) is 1.58. The Hall–Kier alpha value is -2.23. The number of hydrogen-bond acceptors (Lipinski definition) is 3. The first-order chi connectivity index (χ1) is 9.52. The molecule has 0 bridgehead atoms. The van der Waals surface area contributed by atoms with Crippen molar-refractivity contribution in [1.29, 1.82) is 0 Å². The Kier molecular flexibility index (Phi) is 2.22. The molecule has 0 radical (unpaired) electrons. The van der Waals surface area contributed by atoms with Gasteiger partial charge in [0.15, 0.2) is 0 Å². The van der Waals surface area contributed by atoms with Gasteiger partial charge in [-0.05, 0) is 24.2 Å². The van der Waals surface area contributed by atoms with Gasteiger partial charge in [-0.25, -0.2) is 0 Å². The third-order valence-corrected chi connectivity index (χ3v) is 2.18. The first kappa shape index (κ1) is 7.95. The van der Waals surface area contributed by atoms with Crippen LogP contribution in [0.25, 0.3) is 0 Å². The molecule has 0 aliphatic rings. The van der Waals surface area contributed by atoms with Gasteiger partial charge in [0.2, 0.25) is 5.78 Å². The number of ether oxygens (including phenoxy) is 2. The van der Waals surface area contributed by atoms with Gasteiger partial charge in [0.1, 0.15) is 11.5 Å². The first-order valence-electron chi connectivity index (χ1n) is 6.42. The fourth-order valence-electron chi connectivity index (χ4n) is 1.35. The van der Waals surface area contributed by atoms with Crippen molar-refractivity contribution < 1.29 is 18.4 Å². The van der Waals surface area contributed by atoms with Crippen LogP contribution < -0.4 is 9.47 Å². The van der Waals surface area contributed by atoms with E-state index in [1.807, 2.05) is 0 Å². The molecule has 88 valence electrons. The van der Waals surface area contributed by atoms with Crippen LogP contribution in [0.15, 0.2) is 36.5 Å². The quantitative estimate of drug-likeness (QED) is 0.825. The average molecular weight is 234 g/mol. The second-order valence-electron chi connectivity index (χ2n) is 3.23. The summed E-state index contributed by atoms with van der Waals surface area (Å²) in [5.41, 5.74) is 0.103. The van der Waals surface area contributed by atoms with Crippen LogP contribution in [0, 0.1) is 0 Å². The molecule has 1 aromatic heterocycles. The van der Waals surface area contributed by atoms with Crippen LogP contribution >= 0.6 is 0 Å². The molecule has 2 aromatic rings. The molecule has 2 rings (SSSR count). The van der Waals surface area contributed by atoms with Crippen molar-refractivity contribution in [3.63, 3.8) is 0 Å². The molecule has 0 amide bonds. The second kappa shape index (κ2) is 4.74. The van der Waals surface area contributed by atoms with Crippen LogP contribution in [-0.4, -0.2) is 25.0 Å². The highest BCUT2D eigenvalue weighted by Crippen LogP contribution is 2.23. The molecule has 0 fully saturated rings. The maximum atomic E-state index is 12.4. The van der Waals surface area contributed by atoms with E-state index in [1.54, 1.807) is 18.3 Å². The smallest absolute Gasteiger partial charge is 0.209 e. The highest BCUT2D eigenvalue weighted by Gasteiger charge is 2.12. The predicted octanol–water partition coefficient (Wildman–Crippen LogP) is 2.26. The number of benzene rings is 1. The molecule has 0 unspecified atom stereocenters. The average Bonchev–Trinajstić information content (AvgIpc) is 2.93. The van der Waals surface area contributed by atoms with Crippen LogP contribution in [0.1, 0.15) is 20.2 Å². The van der Waals surface area contributed by atoms with Crippen molar-refractivity contribution in [3.8, 4) is 11.5 Å². The highest BCUT2D eigenvalue weighted by molar-refractivity contribution is 6.08. The van der Waals surface area contributed by atoms with Crippen LogP contribution in [0.4, 0.5) is 0 Å². The van der Waals surface area contributed by atoms with Crippen molar-refractivity contribution in [2.24, 2.45) is 0 Å². The summed E-state index contributed by atoms with van der Waals surface area (Å²) in [6.45, 7) is 0. The number of rotatable bonds is 4. The zero-order valence-electron chi connectivity index (χ0n) is 12.5. The number of aromatic nitrogens is 1. The van der Waals surface area contributed by atoms with Gasteiger partial charge in [-0.1, -0.05) is 0 Å². The predicted molar refractivity (Wildman–Crippen MR) is 63.8 cm³/mol. The normalized spacial score (nSPS) is 12.5. The summed E-state index contributed by atoms with van der Waals surface area (Å²) < 4.78 is 33.7. The summed E-state index contributed by atoms with van der Waals surface area (Å²) in [6, 6.07) is 2.40. The molecule has 0 spiro atoms. The van der Waals surface area contributed by atoms with Crippen LogP contribution in [0.2, 0.25) is 0 Å². The molecule has 0 atom stereocenters. The lowest BCUT2D eigenvalue weighted by atomic mass is 10.1. The second-order valence-corrected chi connectivity index (χ2v) is 3.23. The number of carbonyl (C=O) groups is 1. The van der Waals surface area contributed by atoms with E-state index in [9.17, 15) is 4.79 Å². The Bertz CT molecular complexity index is 622. The number of aromatic amines is 1. The van der Waals surface area contributed by atoms with E-state index in [4.69, 9.17) is 13.6 Å². The zero-order valence-corrected chi connectivity index (χ0v) is 9.46. The van der Waals surface area contributed by atoms with E-state index in [1.165, 1.54) is 14.2 Å². The Balaban J connectivity index is 2.72. The van der Waals surface area contributed by atoms with Crippen molar-refractivity contribution >= 4 is 5.78 Å². The van der Waals surface area contributed by atoms with Crippen molar-refractivity contribution in [3.05, 3.63) is 47.7 Å². The third-order valence-electron chi connectivity index (χ3n) is 2.18. The van der Waals surface area contributed by atoms with E-state index in [0.717, 1.165) is 0 Å². The molecule has 1 aromatic carbocycles. The van der Waals surface area contributed by atoms with Crippen molar-refractivity contribution in [1.82, 2.24) is 4.98 Å². The van der Waals surface area contributed by atoms with Gasteiger partial charge in [0.05, 0.1) is 24.0 Å². The van der Waals surface area contributed by atoms with E-state index in [0.29, 0.717) is 0 Å². The van der Waals surface area contributed by atoms with E-state index >= 15 is 0 Å². The lowest BCUT2D eigenvalue weighted by molar-refractivity contribution is 0.103. The van der Waals surface area contributed by atoms with E-state index < -0.39 is 5.78 Å². The number of carbonyl (C=O) groups excluding carboxylic acids is 1. The molecule has 1 N–H and O–H groups in total. The van der Waals surface area contributed by atoms with Gasteiger partial charge in [-0.2, -0.15) is 0 Å². The Morgan fingerprint density at radius 3 is 2.35 bits per heavy atom. The van der Waals surface area contributed by atoms with Crippen molar-refractivity contribution in [2.45, 2.75) is 0 Å². The molecule has 0 aliphatic heterocycles. The largest absolute Gasteiger partial charge is 0.497 e. The Labute approximate surface area is 103 Å². The van der Waals surface area contributed by atoms with Crippen molar-refractivity contribution in [2.75, 3.05) is 14.2 Å². The molecule has 17 heavy (non-hydrogen) atoms. The Morgan fingerprint density at radius 1 is 1.24 bits per heavy atom. The monoisotopic (exact) mass is 234 g/mol. The maximum absolute atomic E-state index is 12.4. The SMILES string of the molecule is [2H]c1c(OC)c([2H])c(C(=O)c2ccc[nH]2)c([2H])c1OC. The summed E-state index contributed by atoms with van der Waals surface area (Å²) in [4.78, 5) is 15.1. The maximum Gasteiger partial charge on any atom is 0.209 e. The minimum Gasteiger partial charge on any atom is -0.497 e. The molecule has 1 heterocycles. The number of hydrogen-bond donors (Lipinski definition) is 1. The van der Waals surface area contributed by atoms with Gasteiger partial charge < -0.3 is 14.5 Å². The Morgan fingerprint density at radius 2 is 1.88 bits per heavy atom. The van der Waals surface area contributed by atoms with Gasteiger partial charge in [0, 0.05) is 17.8 Å². The summed E-state index contributed by atoms with van der Waals surface area (Å²) in [5.74, 6) is -0.692. The number of nitrogens with one attached hydrogen (secondary N) is 1. The molecule has 4 nitrogen and oxygen atoms in total. The molecule has 0 saturated carbocycles. The standard InChI is InChI=1S/C13H13NO3/c1-16-10-6-9(7-11(8-10)17-2)13(15)12-4-3-5-14-12/h3-8,14H,1-2H3/i6D,7D,8D. The van der Waals surface area contributed by atoms with Crippen LogP contribution in [-0.2, 0) is 0 Å². The summed E-state index contributed by atoms with van der Waals surface area (Å²) in [7, 11) is 2.61. The minimum atomic E-state index is -0.512. The molecule has 0 saturated heterocycles. The zero-order chi connectivity index (χ0) is 14.9. The van der Waals surface area contributed by atoms with Gasteiger partial charge >= 0.3 is 0 Å². The van der Waals surface area contributed by atoms with Gasteiger partial charge in [-0.3, -0.25) is 4.79 Å². The molecule has 0 aliphatic carbocycles. The van der Waals surface area contributed by atoms with Gasteiger partial charge in [0.25, 0.3) is 0 Å². The van der Waals surface area contributed by atoms with Crippen LogP contribution in [0.5, 0.6) is 11.5 Å². The molecular formula is C13H13NO3. The third kappa shape index (κ3) is 2.30. The van der Waals surface area contributed by atoms with E-state index in [-0.39, 0.29) is 40.9 Å². The molecule has 4 heteroatoms. The number of H-pyrrole nitrogens is 1. The number of methoxy groups -OCH3 is 2. The number of ketones is 1.